The molecule has 0 radical (unpaired) electrons. The van der Waals surface area contributed by atoms with Gasteiger partial charge in [-0.1, -0.05) is 57.9 Å². The predicted octanol–water partition coefficient (Wildman–Crippen LogP) is 3.20. The van der Waals surface area contributed by atoms with Gasteiger partial charge < -0.3 is 0 Å². The van der Waals surface area contributed by atoms with Gasteiger partial charge in [0.15, 0.2) is 11.6 Å². The Morgan fingerprint density at radius 3 is 2.36 bits per heavy atom. The Labute approximate surface area is 195 Å². The van der Waals surface area contributed by atoms with Gasteiger partial charge in [0.1, 0.15) is 5.82 Å². The third-order valence-electron chi connectivity index (χ3n) is 5.45. The van der Waals surface area contributed by atoms with E-state index in [-0.39, 0.29) is 10.8 Å². The van der Waals surface area contributed by atoms with E-state index in [0.29, 0.717) is 12.4 Å². The Bertz CT molecular complexity index is 1090. The average Bonchev–Trinajstić information content (AvgIpc) is 3.45. The van der Waals surface area contributed by atoms with E-state index in [4.69, 9.17) is 10.1 Å². The van der Waals surface area contributed by atoms with Gasteiger partial charge in [-0.25, -0.2) is 22.8 Å². The van der Waals surface area contributed by atoms with Gasteiger partial charge in [-0.05, 0) is 36.5 Å². The molecule has 3 aromatic rings. The standard InChI is InChI=1S/C22H34N8O2S/c1-5-7-9-19-23-20(10-8-6-2)30(26-19)15-17-11-13-18(14-12-17)33(31,32)27-21(16(3)4)22-24-28-29-25-22/h11-14,16,21,27H,5-10,15H2,1-4H3,(H,24,25,28,29)/t21-/m0/s1. The lowest BCUT2D eigenvalue weighted by Crippen LogP contribution is -2.32. The van der Waals surface area contributed by atoms with E-state index in [1.54, 1.807) is 12.1 Å². The summed E-state index contributed by atoms with van der Waals surface area (Å²) in [6.07, 6.45) is 6.09. The molecule has 0 aliphatic heterocycles. The SMILES string of the molecule is CCCCc1nc(CCCC)n(Cc2ccc(S(=O)(=O)N[C@H](c3nn[nH]n3)C(C)C)cc2)n1. The molecule has 0 amide bonds. The van der Waals surface area contributed by atoms with Crippen LogP contribution in [0.4, 0.5) is 0 Å². The fraction of sp³-hybridized carbons (Fsp3) is 0.591. The van der Waals surface area contributed by atoms with Crippen LogP contribution < -0.4 is 4.72 Å². The molecule has 180 valence electrons. The first kappa shape index (κ1) is 25.0. The molecule has 2 N–H and O–H groups in total. The Morgan fingerprint density at radius 1 is 1.06 bits per heavy atom. The summed E-state index contributed by atoms with van der Waals surface area (Å²) in [5.74, 6) is 2.14. The zero-order valence-corrected chi connectivity index (χ0v) is 20.6. The molecule has 0 aliphatic carbocycles. The Hall–Kier alpha value is -2.66. The Morgan fingerprint density at radius 2 is 1.76 bits per heavy atom. The number of aromatic nitrogens is 7. The molecule has 0 aliphatic rings. The first-order valence-electron chi connectivity index (χ1n) is 11.6. The fourth-order valence-electron chi connectivity index (χ4n) is 3.48. The molecule has 11 heteroatoms. The lowest BCUT2D eigenvalue weighted by Gasteiger charge is -2.19. The number of aryl methyl sites for hydroxylation is 2. The number of H-pyrrole nitrogens is 1. The average molecular weight is 475 g/mol. The highest BCUT2D eigenvalue weighted by molar-refractivity contribution is 7.89. The minimum atomic E-state index is -3.75. The van der Waals surface area contributed by atoms with Gasteiger partial charge in [0.25, 0.3) is 0 Å². The quantitative estimate of drug-likeness (QED) is 0.389. The van der Waals surface area contributed by atoms with Crippen molar-refractivity contribution in [1.29, 1.82) is 0 Å². The van der Waals surface area contributed by atoms with Gasteiger partial charge in [-0.3, -0.25) is 0 Å². The second kappa shape index (κ2) is 11.5. The molecule has 0 saturated carbocycles. The number of nitrogens with one attached hydrogen (secondary N) is 2. The molecule has 1 atom stereocenters. The number of hydrogen-bond donors (Lipinski definition) is 2. The molecular formula is C22H34N8O2S. The Kier molecular flexibility index (Phi) is 8.67. The van der Waals surface area contributed by atoms with Crippen LogP contribution in [0.3, 0.4) is 0 Å². The Balaban J connectivity index is 1.75. The van der Waals surface area contributed by atoms with Gasteiger partial charge in [-0.2, -0.15) is 10.3 Å². The van der Waals surface area contributed by atoms with Gasteiger partial charge in [0, 0.05) is 12.8 Å². The summed E-state index contributed by atoms with van der Waals surface area (Å²) in [4.78, 5) is 4.93. The van der Waals surface area contributed by atoms with Crippen LogP contribution in [0.1, 0.15) is 82.5 Å². The second-order valence-corrected chi connectivity index (χ2v) is 10.3. The maximum absolute atomic E-state index is 13.0. The van der Waals surface area contributed by atoms with Crippen LogP contribution in [0.2, 0.25) is 0 Å². The summed E-state index contributed by atoms with van der Waals surface area (Å²) in [5, 5.41) is 18.5. The number of unbranched alkanes of at least 4 members (excludes halogenated alkanes) is 2. The summed E-state index contributed by atoms with van der Waals surface area (Å²) in [6.45, 7) is 8.67. The van der Waals surface area contributed by atoms with Crippen LogP contribution in [-0.2, 0) is 29.4 Å². The molecule has 10 nitrogen and oxygen atoms in total. The third kappa shape index (κ3) is 6.67. The normalized spacial score (nSPS) is 13.0. The first-order chi connectivity index (χ1) is 15.8. The molecule has 33 heavy (non-hydrogen) atoms. The number of rotatable bonds is 13. The molecule has 1 aromatic carbocycles. The number of tetrazole rings is 1. The topological polar surface area (TPSA) is 131 Å². The number of sulfonamides is 1. The van der Waals surface area contributed by atoms with E-state index in [1.165, 1.54) is 0 Å². The van der Waals surface area contributed by atoms with Crippen molar-refractivity contribution >= 4 is 10.0 Å². The van der Waals surface area contributed by atoms with Crippen molar-refractivity contribution in [3.05, 3.63) is 47.3 Å². The van der Waals surface area contributed by atoms with E-state index >= 15 is 0 Å². The lowest BCUT2D eigenvalue weighted by atomic mass is 10.1. The van der Waals surface area contributed by atoms with Crippen molar-refractivity contribution in [1.82, 2.24) is 40.1 Å². The monoisotopic (exact) mass is 474 g/mol. The highest BCUT2D eigenvalue weighted by Gasteiger charge is 2.27. The molecular weight excluding hydrogens is 440 g/mol. The van der Waals surface area contributed by atoms with Crippen molar-refractivity contribution in [3.63, 3.8) is 0 Å². The zero-order chi connectivity index (χ0) is 23.8. The highest BCUT2D eigenvalue weighted by Crippen LogP contribution is 2.21. The van der Waals surface area contributed by atoms with E-state index in [1.807, 2.05) is 30.7 Å². The minimum absolute atomic E-state index is 0.0487. The van der Waals surface area contributed by atoms with E-state index in [0.717, 1.165) is 55.7 Å². The number of aromatic amines is 1. The number of benzene rings is 1. The lowest BCUT2D eigenvalue weighted by molar-refractivity contribution is 0.444. The third-order valence-corrected chi connectivity index (χ3v) is 6.91. The van der Waals surface area contributed by atoms with Crippen LogP contribution in [-0.4, -0.2) is 43.8 Å². The van der Waals surface area contributed by atoms with Gasteiger partial charge in [0.2, 0.25) is 10.0 Å². The maximum atomic E-state index is 13.0. The maximum Gasteiger partial charge on any atom is 0.241 e. The molecule has 0 fully saturated rings. The van der Waals surface area contributed by atoms with Crippen LogP contribution in [0, 0.1) is 5.92 Å². The first-order valence-corrected chi connectivity index (χ1v) is 13.1. The molecule has 0 saturated heterocycles. The number of nitrogens with zero attached hydrogens (tertiary/aromatic N) is 6. The molecule has 0 bridgehead atoms. The van der Waals surface area contributed by atoms with Gasteiger partial charge >= 0.3 is 0 Å². The van der Waals surface area contributed by atoms with Crippen molar-refractivity contribution in [3.8, 4) is 0 Å². The van der Waals surface area contributed by atoms with Crippen LogP contribution in [0.15, 0.2) is 29.2 Å². The summed E-state index contributed by atoms with van der Waals surface area (Å²) in [7, 11) is -3.75. The molecule has 0 unspecified atom stereocenters. The van der Waals surface area contributed by atoms with E-state index < -0.39 is 16.1 Å². The molecule has 3 rings (SSSR count). The van der Waals surface area contributed by atoms with Gasteiger partial charge in [0.05, 0.1) is 17.5 Å². The summed E-state index contributed by atoms with van der Waals surface area (Å²) in [5.41, 5.74) is 0.970. The van der Waals surface area contributed by atoms with Crippen molar-refractivity contribution in [2.75, 3.05) is 0 Å². The van der Waals surface area contributed by atoms with Crippen LogP contribution in [0.25, 0.3) is 0 Å². The van der Waals surface area contributed by atoms with Crippen LogP contribution in [0.5, 0.6) is 0 Å². The van der Waals surface area contributed by atoms with Crippen LogP contribution >= 0.6 is 0 Å². The largest absolute Gasteiger partial charge is 0.245 e. The second-order valence-electron chi connectivity index (χ2n) is 8.57. The smallest absolute Gasteiger partial charge is 0.241 e. The zero-order valence-electron chi connectivity index (χ0n) is 19.8. The number of hydrogen-bond acceptors (Lipinski definition) is 7. The minimum Gasteiger partial charge on any atom is -0.245 e. The molecule has 2 aromatic heterocycles. The van der Waals surface area contributed by atoms with Crippen molar-refractivity contribution < 1.29 is 8.42 Å². The summed E-state index contributed by atoms with van der Waals surface area (Å²) < 4.78 is 30.6. The van der Waals surface area contributed by atoms with Crippen molar-refractivity contribution in [2.24, 2.45) is 5.92 Å². The van der Waals surface area contributed by atoms with E-state index in [9.17, 15) is 8.42 Å². The van der Waals surface area contributed by atoms with Gasteiger partial charge in [-0.15, -0.1) is 10.2 Å². The molecule has 0 spiro atoms. The van der Waals surface area contributed by atoms with Crippen molar-refractivity contribution in [2.45, 2.75) is 83.7 Å². The van der Waals surface area contributed by atoms with E-state index in [2.05, 4.69) is 39.2 Å². The summed E-state index contributed by atoms with van der Waals surface area (Å²) >= 11 is 0. The summed E-state index contributed by atoms with van der Waals surface area (Å²) in [6, 6.07) is 6.30. The highest BCUT2D eigenvalue weighted by atomic mass is 32.2. The molecule has 2 heterocycles. The fourth-order valence-corrected chi connectivity index (χ4v) is 4.83. The predicted molar refractivity (Wildman–Crippen MR) is 125 cm³/mol.